The van der Waals surface area contributed by atoms with Crippen LogP contribution in [-0.2, 0) is 11.2 Å². The van der Waals surface area contributed by atoms with Crippen LogP contribution in [0.1, 0.15) is 43.9 Å². The number of rotatable bonds is 6. The van der Waals surface area contributed by atoms with Gasteiger partial charge in [-0.3, -0.25) is 4.79 Å². The minimum Gasteiger partial charge on any atom is -0.311 e. The molecule has 2 aromatic rings. The van der Waals surface area contributed by atoms with Crippen LogP contribution in [-0.4, -0.2) is 15.7 Å². The number of nitrogens with one attached hydrogen (secondary N) is 1. The lowest BCUT2D eigenvalue weighted by Gasteiger charge is -2.14. The molecule has 0 aliphatic heterocycles. The van der Waals surface area contributed by atoms with Crippen molar-refractivity contribution in [2.45, 2.75) is 39.2 Å². The maximum Gasteiger partial charge on any atom is 0.225 e. The van der Waals surface area contributed by atoms with Gasteiger partial charge < -0.3 is 5.32 Å². The maximum atomic E-state index is 12.1. The van der Waals surface area contributed by atoms with Crippen LogP contribution in [0.15, 0.2) is 36.5 Å². The maximum absolute atomic E-state index is 12.1. The number of aryl methyl sites for hydroxylation is 1. The van der Waals surface area contributed by atoms with Gasteiger partial charge in [0.25, 0.3) is 0 Å². The summed E-state index contributed by atoms with van der Waals surface area (Å²) in [6.45, 7) is 4.16. The third kappa shape index (κ3) is 3.95. The summed E-state index contributed by atoms with van der Waals surface area (Å²) < 4.78 is 1.83. The normalized spacial score (nSPS) is 11.7. The Balaban J connectivity index is 1.90. The highest BCUT2D eigenvalue weighted by Gasteiger charge is 2.11. The first-order valence-corrected chi connectivity index (χ1v) is 7.46. The Labute approximate surface area is 130 Å². The van der Waals surface area contributed by atoms with Crippen LogP contribution in [0.3, 0.4) is 0 Å². The van der Waals surface area contributed by atoms with Gasteiger partial charge in [0.15, 0.2) is 0 Å². The highest BCUT2D eigenvalue weighted by Crippen LogP contribution is 2.16. The summed E-state index contributed by atoms with van der Waals surface area (Å²) in [5.41, 5.74) is 1.68. The second kappa shape index (κ2) is 7.41. The van der Waals surface area contributed by atoms with Crippen molar-refractivity contribution >= 4 is 11.7 Å². The molecule has 1 aromatic carbocycles. The van der Waals surface area contributed by atoms with Gasteiger partial charge in [0.2, 0.25) is 5.91 Å². The fourth-order valence-corrected chi connectivity index (χ4v) is 2.15. The molecule has 5 heteroatoms. The largest absolute Gasteiger partial charge is 0.311 e. The molecule has 0 saturated heterocycles. The van der Waals surface area contributed by atoms with Gasteiger partial charge >= 0.3 is 0 Å². The number of anilines is 1. The van der Waals surface area contributed by atoms with Crippen molar-refractivity contribution in [1.82, 2.24) is 9.78 Å². The molecule has 2 rings (SSSR count). The van der Waals surface area contributed by atoms with Gasteiger partial charge in [0, 0.05) is 12.5 Å². The lowest BCUT2D eigenvalue weighted by Crippen LogP contribution is -2.17. The van der Waals surface area contributed by atoms with E-state index in [0.717, 1.165) is 17.8 Å². The summed E-state index contributed by atoms with van der Waals surface area (Å²) in [7, 11) is 0. The Morgan fingerprint density at radius 2 is 2.09 bits per heavy atom. The first-order valence-electron chi connectivity index (χ1n) is 7.46. The third-order valence-electron chi connectivity index (χ3n) is 3.67. The molecule has 0 aliphatic rings. The summed E-state index contributed by atoms with van der Waals surface area (Å²) in [5.74, 6) is 0.702. The molecular weight excluding hydrogens is 276 g/mol. The molecule has 0 fully saturated rings. The van der Waals surface area contributed by atoms with Gasteiger partial charge in [-0.05, 0) is 37.5 Å². The van der Waals surface area contributed by atoms with Crippen molar-refractivity contribution in [2.24, 2.45) is 0 Å². The molecule has 1 amide bonds. The lowest BCUT2D eigenvalue weighted by molar-refractivity contribution is -0.116. The summed E-state index contributed by atoms with van der Waals surface area (Å²) in [5, 5.41) is 15.9. The molecule has 0 radical (unpaired) electrons. The Hall–Kier alpha value is -2.61. The van der Waals surface area contributed by atoms with Crippen molar-refractivity contribution in [3.8, 4) is 6.07 Å². The van der Waals surface area contributed by atoms with E-state index in [4.69, 9.17) is 5.26 Å². The van der Waals surface area contributed by atoms with Crippen LogP contribution in [0, 0.1) is 11.3 Å². The van der Waals surface area contributed by atoms with Crippen LogP contribution in [0.4, 0.5) is 5.82 Å². The Bertz CT molecular complexity index is 667. The SMILES string of the molecule is CCC(C)n1nccc1NC(=O)CCc1ccc(C#N)cc1. The summed E-state index contributed by atoms with van der Waals surface area (Å²) in [4.78, 5) is 12.1. The summed E-state index contributed by atoms with van der Waals surface area (Å²) in [6, 6.07) is 11.5. The van der Waals surface area contributed by atoms with E-state index in [9.17, 15) is 4.79 Å². The lowest BCUT2D eigenvalue weighted by atomic mass is 10.1. The van der Waals surface area contributed by atoms with Crippen LogP contribution >= 0.6 is 0 Å². The molecule has 1 unspecified atom stereocenters. The summed E-state index contributed by atoms with van der Waals surface area (Å²) in [6.07, 6.45) is 3.70. The highest BCUT2D eigenvalue weighted by atomic mass is 16.1. The van der Waals surface area contributed by atoms with Gasteiger partial charge in [-0.2, -0.15) is 10.4 Å². The van der Waals surface area contributed by atoms with Crippen molar-refractivity contribution in [2.75, 3.05) is 5.32 Å². The van der Waals surface area contributed by atoms with Crippen molar-refractivity contribution in [3.05, 3.63) is 47.7 Å². The topological polar surface area (TPSA) is 70.7 Å². The average molecular weight is 296 g/mol. The Morgan fingerprint density at radius 3 is 2.73 bits per heavy atom. The van der Waals surface area contributed by atoms with E-state index in [-0.39, 0.29) is 11.9 Å². The van der Waals surface area contributed by atoms with E-state index in [1.807, 2.05) is 22.9 Å². The van der Waals surface area contributed by atoms with Crippen molar-refractivity contribution < 1.29 is 4.79 Å². The van der Waals surface area contributed by atoms with Gasteiger partial charge in [0.1, 0.15) is 5.82 Å². The molecule has 22 heavy (non-hydrogen) atoms. The first kappa shape index (κ1) is 15.8. The second-order valence-corrected chi connectivity index (χ2v) is 5.28. The van der Waals surface area contributed by atoms with Gasteiger partial charge in [-0.1, -0.05) is 19.1 Å². The zero-order chi connectivity index (χ0) is 15.9. The van der Waals surface area contributed by atoms with Gasteiger partial charge in [-0.25, -0.2) is 4.68 Å². The van der Waals surface area contributed by atoms with Crippen LogP contribution in [0.5, 0.6) is 0 Å². The number of carbonyl (C=O) groups excluding carboxylic acids is 1. The van der Waals surface area contributed by atoms with E-state index >= 15 is 0 Å². The number of aromatic nitrogens is 2. The zero-order valence-corrected chi connectivity index (χ0v) is 12.9. The van der Waals surface area contributed by atoms with E-state index in [1.54, 1.807) is 18.3 Å². The number of nitrogens with zero attached hydrogens (tertiary/aromatic N) is 3. The van der Waals surface area contributed by atoms with Gasteiger partial charge in [-0.15, -0.1) is 0 Å². The number of benzene rings is 1. The molecular formula is C17H20N4O. The molecule has 1 atom stereocenters. The number of hydrogen-bond acceptors (Lipinski definition) is 3. The predicted octanol–water partition coefficient (Wildman–Crippen LogP) is 3.30. The fourth-order valence-electron chi connectivity index (χ4n) is 2.15. The summed E-state index contributed by atoms with van der Waals surface area (Å²) >= 11 is 0. The fraction of sp³-hybridized carbons (Fsp3) is 0.353. The molecule has 5 nitrogen and oxygen atoms in total. The zero-order valence-electron chi connectivity index (χ0n) is 12.9. The van der Waals surface area contributed by atoms with E-state index < -0.39 is 0 Å². The van der Waals surface area contributed by atoms with Crippen LogP contribution in [0.2, 0.25) is 0 Å². The Kier molecular flexibility index (Phi) is 5.31. The predicted molar refractivity (Wildman–Crippen MR) is 85.3 cm³/mol. The molecule has 0 saturated carbocycles. The number of amides is 1. The molecule has 1 heterocycles. The standard InChI is InChI=1S/C17H20N4O/c1-3-13(2)21-16(10-11-19-21)20-17(22)9-8-14-4-6-15(12-18)7-5-14/h4-7,10-11,13H,3,8-9H2,1-2H3,(H,20,22). The van der Waals surface area contributed by atoms with Gasteiger partial charge in [0.05, 0.1) is 23.9 Å². The molecule has 1 aromatic heterocycles. The van der Waals surface area contributed by atoms with Crippen molar-refractivity contribution in [3.63, 3.8) is 0 Å². The molecule has 0 bridgehead atoms. The minimum absolute atomic E-state index is 0.0330. The molecule has 0 aliphatic carbocycles. The van der Waals surface area contributed by atoms with Crippen LogP contribution in [0.25, 0.3) is 0 Å². The number of nitriles is 1. The Morgan fingerprint density at radius 1 is 1.36 bits per heavy atom. The van der Waals surface area contributed by atoms with E-state index in [1.165, 1.54) is 0 Å². The van der Waals surface area contributed by atoms with Crippen LogP contribution < -0.4 is 5.32 Å². The smallest absolute Gasteiger partial charge is 0.225 e. The second-order valence-electron chi connectivity index (χ2n) is 5.28. The van der Waals surface area contributed by atoms with E-state index in [0.29, 0.717) is 18.4 Å². The quantitative estimate of drug-likeness (QED) is 0.889. The average Bonchev–Trinajstić information content (AvgIpc) is 3.00. The van der Waals surface area contributed by atoms with E-state index in [2.05, 4.69) is 30.3 Å². The molecule has 114 valence electrons. The molecule has 1 N–H and O–H groups in total. The first-order chi connectivity index (χ1) is 10.6. The minimum atomic E-state index is -0.0330. The number of carbonyl (C=O) groups is 1. The monoisotopic (exact) mass is 296 g/mol. The number of hydrogen-bond donors (Lipinski definition) is 1. The molecule has 0 spiro atoms. The highest BCUT2D eigenvalue weighted by molar-refractivity contribution is 5.89. The van der Waals surface area contributed by atoms with Crippen molar-refractivity contribution in [1.29, 1.82) is 5.26 Å². The third-order valence-corrected chi connectivity index (χ3v) is 3.67.